The Bertz CT molecular complexity index is 478. The molecule has 0 radical (unpaired) electrons. The Labute approximate surface area is 92.9 Å². The second-order valence-electron chi connectivity index (χ2n) is 3.48. The molecule has 0 aliphatic heterocycles. The number of anilines is 1. The fraction of sp³-hybridized carbons (Fsp3) is 0.182. The molecule has 2 aromatic rings. The minimum Gasteiger partial charge on any atom is -0.323 e. The quantitative estimate of drug-likeness (QED) is 0.812. The number of hydrogen-bond donors (Lipinski definition) is 2. The molecule has 0 atom stereocenters. The van der Waals surface area contributed by atoms with Gasteiger partial charge in [0.25, 0.3) is 0 Å². The molecule has 82 valence electrons. The molecule has 5 nitrogen and oxygen atoms in total. The fourth-order valence-corrected chi connectivity index (χ4v) is 1.38. The van der Waals surface area contributed by atoms with E-state index in [1.165, 1.54) is 0 Å². The average molecular weight is 216 g/mol. The zero-order chi connectivity index (χ0) is 11.4. The van der Waals surface area contributed by atoms with Crippen LogP contribution in [0.15, 0.2) is 30.7 Å². The van der Waals surface area contributed by atoms with Gasteiger partial charge in [0.1, 0.15) is 0 Å². The summed E-state index contributed by atoms with van der Waals surface area (Å²) in [5.41, 5.74) is 2.48. The van der Waals surface area contributed by atoms with Crippen molar-refractivity contribution in [1.82, 2.24) is 15.2 Å². The SMILES string of the molecule is Cc1cccnc1CC(=O)Nc1cn[nH]c1. The summed E-state index contributed by atoms with van der Waals surface area (Å²) in [6.45, 7) is 1.94. The van der Waals surface area contributed by atoms with Crippen LogP contribution in [0.1, 0.15) is 11.3 Å². The van der Waals surface area contributed by atoms with E-state index in [1.54, 1.807) is 18.6 Å². The van der Waals surface area contributed by atoms with Gasteiger partial charge in [0.15, 0.2) is 0 Å². The maximum Gasteiger partial charge on any atom is 0.230 e. The molecule has 0 unspecified atom stereocenters. The van der Waals surface area contributed by atoms with Gasteiger partial charge in [-0.1, -0.05) is 6.07 Å². The summed E-state index contributed by atoms with van der Waals surface area (Å²) in [4.78, 5) is 15.8. The molecular formula is C11H12N4O. The van der Waals surface area contributed by atoms with E-state index in [2.05, 4.69) is 20.5 Å². The first-order valence-electron chi connectivity index (χ1n) is 4.95. The van der Waals surface area contributed by atoms with Crippen LogP contribution in [0.25, 0.3) is 0 Å². The van der Waals surface area contributed by atoms with Crippen molar-refractivity contribution in [2.45, 2.75) is 13.3 Å². The van der Waals surface area contributed by atoms with Crippen LogP contribution in [0.4, 0.5) is 5.69 Å². The topological polar surface area (TPSA) is 70.7 Å². The summed E-state index contributed by atoms with van der Waals surface area (Å²) < 4.78 is 0. The number of pyridine rings is 1. The lowest BCUT2D eigenvalue weighted by Gasteiger charge is -2.04. The van der Waals surface area contributed by atoms with Gasteiger partial charge in [-0.05, 0) is 18.6 Å². The van der Waals surface area contributed by atoms with Crippen LogP contribution in [-0.4, -0.2) is 21.1 Å². The molecule has 0 saturated heterocycles. The van der Waals surface area contributed by atoms with Crippen LogP contribution in [0.3, 0.4) is 0 Å². The Hall–Kier alpha value is -2.17. The number of nitrogens with one attached hydrogen (secondary N) is 2. The third-order valence-corrected chi connectivity index (χ3v) is 2.23. The lowest BCUT2D eigenvalue weighted by molar-refractivity contribution is -0.115. The Morgan fingerprint density at radius 3 is 3.12 bits per heavy atom. The molecule has 0 saturated carbocycles. The first-order valence-corrected chi connectivity index (χ1v) is 4.95. The Morgan fingerprint density at radius 2 is 2.44 bits per heavy atom. The van der Waals surface area contributed by atoms with Gasteiger partial charge in [-0.25, -0.2) is 0 Å². The minimum absolute atomic E-state index is 0.0943. The number of carbonyl (C=O) groups is 1. The van der Waals surface area contributed by atoms with E-state index >= 15 is 0 Å². The van der Waals surface area contributed by atoms with E-state index in [9.17, 15) is 4.79 Å². The largest absolute Gasteiger partial charge is 0.323 e. The Kier molecular flexibility index (Phi) is 2.95. The Morgan fingerprint density at radius 1 is 1.56 bits per heavy atom. The van der Waals surface area contributed by atoms with Crippen LogP contribution < -0.4 is 5.32 Å². The number of hydrogen-bond acceptors (Lipinski definition) is 3. The molecule has 0 fully saturated rings. The van der Waals surface area contributed by atoms with Crippen molar-refractivity contribution in [2.24, 2.45) is 0 Å². The van der Waals surface area contributed by atoms with Crippen molar-refractivity contribution < 1.29 is 4.79 Å². The van der Waals surface area contributed by atoms with Crippen LogP contribution in [-0.2, 0) is 11.2 Å². The predicted octanol–water partition coefficient (Wildman–Crippen LogP) is 1.29. The van der Waals surface area contributed by atoms with Crippen LogP contribution in [0.2, 0.25) is 0 Å². The number of amides is 1. The second-order valence-corrected chi connectivity index (χ2v) is 3.48. The van der Waals surface area contributed by atoms with Gasteiger partial charge >= 0.3 is 0 Å². The van der Waals surface area contributed by atoms with Crippen molar-refractivity contribution >= 4 is 11.6 Å². The number of aromatic amines is 1. The summed E-state index contributed by atoms with van der Waals surface area (Å²) >= 11 is 0. The average Bonchev–Trinajstić information content (AvgIpc) is 2.74. The summed E-state index contributed by atoms with van der Waals surface area (Å²) in [5.74, 6) is -0.0943. The zero-order valence-corrected chi connectivity index (χ0v) is 8.90. The molecule has 16 heavy (non-hydrogen) atoms. The first-order chi connectivity index (χ1) is 7.75. The molecule has 0 aliphatic carbocycles. The maximum absolute atomic E-state index is 11.6. The summed E-state index contributed by atoms with van der Waals surface area (Å²) in [6, 6.07) is 3.79. The number of carbonyl (C=O) groups excluding carboxylic acids is 1. The third kappa shape index (κ3) is 2.44. The zero-order valence-electron chi connectivity index (χ0n) is 8.90. The van der Waals surface area contributed by atoms with Gasteiger partial charge < -0.3 is 5.32 Å². The number of aromatic nitrogens is 3. The molecule has 2 aromatic heterocycles. The van der Waals surface area contributed by atoms with Crippen LogP contribution in [0.5, 0.6) is 0 Å². The normalized spacial score (nSPS) is 10.1. The van der Waals surface area contributed by atoms with Gasteiger partial charge in [-0.3, -0.25) is 14.9 Å². The Balaban J connectivity index is 2.00. The molecule has 2 N–H and O–H groups in total. The highest BCUT2D eigenvalue weighted by molar-refractivity contribution is 5.91. The molecule has 2 heterocycles. The van der Waals surface area contributed by atoms with Crippen molar-refractivity contribution in [3.8, 4) is 0 Å². The number of aryl methyl sites for hydroxylation is 1. The lowest BCUT2D eigenvalue weighted by Crippen LogP contribution is -2.15. The van der Waals surface area contributed by atoms with E-state index in [0.29, 0.717) is 5.69 Å². The summed E-state index contributed by atoms with van der Waals surface area (Å²) in [5, 5.41) is 9.10. The molecular weight excluding hydrogens is 204 g/mol. The molecule has 2 rings (SSSR count). The predicted molar refractivity (Wildman–Crippen MR) is 59.9 cm³/mol. The van der Waals surface area contributed by atoms with E-state index in [-0.39, 0.29) is 12.3 Å². The van der Waals surface area contributed by atoms with Crippen LogP contribution >= 0.6 is 0 Å². The van der Waals surface area contributed by atoms with Crippen LogP contribution in [0, 0.1) is 6.92 Å². The molecule has 0 spiro atoms. The van der Waals surface area contributed by atoms with Crippen molar-refractivity contribution in [2.75, 3.05) is 5.32 Å². The van der Waals surface area contributed by atoms with Crippen molar-refractivity contribution in [1.29, 1.82) is 0 Å². The summed E-state index contributed by atoms with van der Waals surface area (Å²) in [6.07, 6.45) is 5.15. The third-order valence-electron chi connectivity index (χ3n) is 2.23. The van der Waals surface area contributed by atoms with E-state index in [0.717, 1.165) is 11.3 Å². The molecule has 0 bridgehead atoms. The highest BCUT2D eigenvalue weighted by atomic mass is 16.1. The minimum atomic E-state index is -0.0943. The standard InChI is InChI=1S/C11H12N4O/c1-8-3-2-4-12-10(8)5-11(16)15-9-6-13-14-7-9/h2-4,6-7H,5H2,1H3,(H,13,14)(H,15,16). The number of H-pyrrole nitrogens is 1. The number of rotatable bonds is 3. The monoisotopic (exact) mass is 216 g/mol. The van der Waals surface area contributed by atoms with E-state index < -0.39 is 0 Å². The second kappa shape index (κ2) is 4.57. The van der Waals surface area contributed by atoms with E-state index in [4.69, 9.17) is 0 Å². The van der Waals surface area contributed by atoms with Crippen molar-refractivity contribution in [3.63, 3.8) is 0 Å². The summed E-state index contributed by atoms with van der Waals surface area (Å²) in [7, 11) is 0. The highest BCUT2D eigenvalue weighted by Gasteiger charge is 2.07. The molecule has 0 aliphatic rings. The first kappa shape index (κ1) is 10.4. The van der Waals surface area contributed by atoms with Gasteiger partial charge in [0.2, 0.25) is 5.91 Å². The van der Waals surface area contributed by atoms with Crippen molar-refractivity contribution in [3.05, 3.63) is 42.0 Å². The van der Waals surface area contributed by atoms with Gasteiger partial charge in [0, 0.05) is 12.4 Å². The molecule has 1 amide bonds. The lowest BCUT2D eigenvalue weighted by atomic mass is 10.1. The van der Waals surface area contributed by atoms with E-state index in [1.807, 2.05) is 19.1 Å². The highest BCUT2D eigenvalue weighted by Crippen LogP contribution is 2.06. The molecule has 0 aromatic carbocycles. The fourth-order valence-electron chi connectivity index (χ4n) is 1.38. The van der Waals surface area contributed by atoms with Gasteiger partial charge in [0.05, 0.1) is 24.0 Å². The van der Waals surface area contributed by atoms with Gasteiger partial charge in [-0.15, -0.1) is 0 Å². The maximum atomic E-state index is 11.6. The molecule has 5 heteroatoms. The number of nitrogens with zero attached hydrogens (tertiary/aromatic N) is 2. The van der Waals surface area contributed by atoms with Gasteiger partial charge in [-0.2, -0.15) is 5.10 Å². The smallest absolute Gasteiger partial charge is 0.230 e.